The van der Waals surface area contributed by atoms with Crippen LogP contribution in [0.5, 0.6) is 0 Å². The Kier molecular flexibility index (Phi) is 4.55. The highest BCUT2D eigenvalue weighted by Crippen LogP contribution is 2.37. The van der Waals surface area contributed by atoms with E-state index in [4.69, 9.17) is 0 Å². The van der Waals surface area contributed by atoms with Gasteiger partial charge in [-0.1, -0.05) is 19.3 Å². The van der Waals surface area contributed by atoms with E-state index in [2.05, 4.69) is 0 Å². The molecule has 0 aromatic rings. The van der Waals surface area contributed by atoms with Crippen molar-refractivity contribution < 1.29 is 26.7 Å². The van der Waals surface area contributed by atoms with Gasteiger partial charge in [0, 0.05) is 13.6 Å². The summed E-state index contributed by atoms with van der Waals surface area (Å²) in [4.78, 5) is 11.6. The summed E-state index contributed by atoms with van der Waals surface area (Å²) in [5.41, 5.74) is 0. The van der Waals surface area contributed by atoms with Gasteiger partial charge in [-0.25, -0.2) is 0 Å². The lowest BCUT2D eigenvalue weighted by atomic mass is 9.89. The number of halogens is 5. The van der Waals surface area contributed by atoms with Crippen molar-refractivity contribution in [2.45, 2.75) is 44.2 Å². The average molecular weight is 273 g/mol. The molecular weight excluding hydrogens is 257 g/mol. The first kappa shape index (κ1) is 15.2. The van der Waals surface area contributed by atoms with E-state index >= 15 is 0 Å². The van der Waals surface area contributed by atoms with E-state index in [9.17, 15) is 26.7 Å². The lowest BCUT2D eigenvalue weighted by Crippen LogP contribution is -2.51. The molecule has 0 aromatic carbocycles. The predicted molar refractivity (Wildman–Crippen MR) is 55.2 cm³/mol. The summed E-state index contributed by atoms with van der Waals surface area (Å²) in [5, 5.41) is 0. The first-order valence-electron chi connectivity index (χ1n) is 5.86. The van der Waals surface area contributed by atoms with Gasteiger partial charge in [0.2, 0.25) is 0 Å². The molecular formula is C11H16F5NO. The molecule has 0 aromatic heterocycles. The lowest BCUT2D eigenvalue weighted by molar-refractivity contribution is -0.274. The molecule has 1 aliphatic carbocycles. The molecule has 1 saturated carbocycles. The highest BCUT2D eigenvalue weighted by atomic mass is 19.4. The van der Waals surface area contributed by atoms with Gasteiger partial charge >= 0.3 is 18.0 Å². The molecule has 18 heavy (non-hydrogen) atoms. The molecule has 106 valence electrons. The van der Waals surface area contributed by atoms with Crippen molar-refractivity contribution in [3.63, 3.8) is 0 Å². The van der Waals surface area contributed by atoms with Gasteiger partial charge in [-0.05, 0) is 18.8 Å². The summed E-state index contributed by atoms with van der Waals surface area (Å²) >= 11 is 0. The van der Waals surface area contributed by atoms with E-state index in [0.29, 0.717) is 4.90 Å². The molecule has 1 fully saturated rings. The van der Waals surface area contributed by atoms with Crippen LogP contribution < -0.4 is 0 Å². The number of carbonyl (C=O) groups is 1. The highest BCUT2D eigenvalue weighted by Gasteiger charge is 2.64. The van der Waals surface area contributed by atoms with E-state index in [1.807, 2.05) is 0 Å². The number of alkyl halides is 5. The summed E-state index contributed by atoms with van der Waals surface area (Å²) in [6, 6.07) is 0. The first-order valence-corrected chi connectivity index (χ1v) is 5.86. The van der Waals surface area contributed by atoms with Gasteiger partial charge in [0.1, 0.15) is 0 Å². The molecule has 0 radical (unpaired) electrons. The molecule has 0 bridgehead atoms. The quantitative estimate of drug-likeness (QED) is 0.723. The second kappa shape index (κ2) is 5.40. The van der Waals surface area contributed by atoms with Crippen molar-refractivity contribution in [3.8, 4) is 0 Å². The summed E-state index contributed by atoms with van der Waals surface area (Å²) in [6.45, 7) is -0.0372. The number of nitrogens with zero attached hydrogens (tertiary/aromatic N) is 1. The third-order valence-electron chi connectivity index (χ3n) is 3.23. The van der Waals surface area contributed by atoms with E-state index in [0.717, 1.165) is 39.2 Å². The monoisotopic (exact) mass is 273 g/mol. The maximum Gasteiger partial charge on any atom is 0.463 e. The molecule has 0 N–H and O–H groups in total. The summed E-state index contributed by atoms with van der Waals surface area (Å²) in [6.07, 6.45) is -1.37. The Hall–Kier alpha value is -0.880. The Balaban J connectivity index is 2.60. The van der Waals surface area contributed by atoms with Gasteiger partial charge in [0.05, 0.1) is 0 Å². The van der Waals surface area contributed by atoms with Gasteiger partial charge in [-0.2, -0.15) is 22.0 Å². The first-order chi connectivity index (χ1) is 8.16. The van der Waals surface area contributed by atoms with Crippen molar-refractivity contribution in [3.05, 3.63) is 0 Å². The largest absolute Gasteiger partial charge is 0.463 e. The van der Waals surface area contributed by atoms with Crippen LogP contribution in [0.3, 0.4) is 0 Å². The Morgan fingerprint density at radius 2 is 1.61 bits per heavy atom. The molecule has 0 aliphatic heterocycles. The third kappa shape index (κ3) is 3.32. The molecule has 0 unspecified atom stereocenters. The normalized spacial score (nSPS) is 18.8. The van der Waals surface area contributed by atoms with Gasteiger partial charge < -0.3 is 4.90 Å². The number of amides is 1. The van der Waals surface area contributed by atoms with Crippen molar-refractivity contribution in [2.75, 3.05) is 13.6 Å². The Morgan fingerprint density at radius 1 is 1.11 bits per heavy atom. The fourth-order valence-electron chi connectivity index (χ4n) is 2.20. The lowest BCUT2D eigenvalue weighted by Gasteiger charge is -2.29. The van der Waals surface area contributed by atoms with Crippen LogP contribution >= 0.6 is 0 Å². The highest BCUT2D eigenvalue weighted by molar-refractivity contribution is 5.84. The van der Waals surface area contributed by atoms with Gasteiger partial charge in [0.25, 0.3) is 0 Å². The molecule has 1 aliphatic rings. The number of carbonyl (C=O) groups excluding carboxylic acids is 1. The van der Waals surface area contributed by atoms with Crippen LogP contribution in [0, 0.1) is 5.92 Å². The Labute approximate surface area is 102 Å². The zero-order valence-electron chi connectivity index (χ0n) is 10.1. The minimum Gasteiger partial charge on any atom is -0.340 e. The second-order valence-corrected chi connectivity index (χ2v) is 4.76. The van der Waals surface area contributed by atoms with Crippen LogP contribution in [0.4, 0.5) is 22.0 Å². The molecule has 7 heteroatoms. The average Bonchev–Trinajstić information content (AvgIpc) is 2.27. The smallest absolute Gasteiger partial charge is 0.340 e. The molecule has 0 heterocycles. The third-order valence-corrected chi connectivity index (χ3v) is 3.23. The number of hydrogen-bond acceptors (Lipinski definition) is 1. The van der Waals surface area contributed by atoms with Crippen molar-refractivity contribution in [2.24, 2.45) is 5.92 Å². The van der Waals surface area contributed by atoms with Crippen molar-refractivity contribution >= 4 is 5.91 Å². The van der Waals surface area contributed by atoms with Crippen LogP contribution in [0.1, 0.15) is 32.1 Å². The topological polar surface area (TPSA) is 20.3 Å². The van der Waals surface area contributed by atoms with Gasteiger partial charge in [-0.15, -0.1) is 0 Å². The SMILES string of the molecule is CN(CC1CCCCC1)C(=O)C(F)(F)C(F)(F)F. The van der Waals surface area contributed by atoms with Crippen molar-refractivity contribution in [1.82, 2.24) is 4.90 Å². The molecule has 0 saturated heterocycles. The minimum atomic E-state index is -5.83. The second-order valence-electron chi connectivity index (χ2n) is 4.76. The van der Waals surface area contributed by atoms with Crippen molar-refractivity contribution in [1.29, 1.82) is 0 Å². The number of hydrogen-bond donors (Lipinski definition) is 0. The van der Waals surface area contributed by atoms with Crippen LogP contribution in [0.15, 0.2) is 0 Å². The van der Waals surface area contributed by atoms with E-state index in [1.54, 1.807) is 0 Å². The number of rotatable bonds is 3. The Bertz CT molecular complexity index is 296. The van der Waals surface area contributed by atoms with Gasteiger partial charge in [0.15, 0.2) is 0 Å². The van der Waals surface area contributed by atoms with Crippen LogP contribution in [0.2, 0.25) is 0 Å². The zero-order valence-corrected chi connectivity index (χ0v) is 10.1. The van der Waals surface area contributed by atoms with E-state index in [1.165, 1.54) is 0 Å². The van der Waals surface area contributed by atoms with Crippen LogP contribution in [-0.4, -0.2) is 36.5 Å². The zero-order chi connectivity index (χ0) is 14.0. The molecule has 1 amide bonds. The molecule has 0 spiro atoms. The van der Waals surface area contributed by atoms with Crippen LogP contribution in [0.25, 0.3) is 0 Å². The predicted octanol–water partition coefficient (Wildman–Crippen LogP) is 3.22. The molecule has 1 rings (SSSR count). The fraction of sp³-hybridized carbons (Fsp3) is 0.909. The maximum absolute atomic E-state index is 12.8. The molecule has 0 atom stereocenters. The Morgan fingerprint density at radius 3 is 2.06 bits per heavy atom. The minimum absolute atomic E-state index is 0.0248. The van der Waals surface area contributed by atoms with E-state index in [-0.39, 0.29) is 12.5 Å². The fourth-order valence-corrected chi connectivity index (χ4v) is 2.20. The summed E-state index contributed by atoms with van der Waals surface area (Å²) < 4.78 is 61.7. The van der Waals surface area contributed by atoms with Crippen LogP contribution in [-0.2, 0) is 4.79 Å². The summed E-state index contributed by atoms with van der Waals surface area (Å²) in [7, 11) is 0.997. The standard InChI is InChI=1S/C11H16F5NO/c1-17(7-8-5-3-2-4-6-8)9(18)10(12,13)11(14,15)16/h8H,2-7H2,1H3. The molecule has 2 nitrogen and oxygen atoms in total. The maximum atomic E-state index is 12.8. The van der Waals surface area contributed by atoms with Gasteiger partial charge in [-0.3, -0.25) is 4.79 Å². The van der Waals surface area contributed by atoms with E-state index < -0.39 is 18.0 Å². The summed E-state index contributed by atoms with van der Waals surface area (Å²) in [5.74, 6) is -7.44.